The molecule has 2 aliphatic rings. The molecule has 1 atom stereocenters. The van der Waals surface area contributed by atoms with Crippen molar-refractivity contribution < 1.29 is 27.5 Å². The third-order valence-electron chi connectivity index (χ3n) is 6.99. The fraction of sp³-hybridized carbons (Fsp3) is 0.276. The van der Waals surface area contributed by atoms with E-state index in [1.165, 1.54) is 12.1 Å². The molecule has 10 heteroatoms. The summed E-state index contributed by atoms with van der Waals surface area (Å²) in [6.07, 6.45) is 2.11. The summed E-state index contributed by atoms with van der Waals surface area (Å²) in [6.45, 7) is 0.722. The summed E-state index contributed by atoms with van der Waals surface area (Å²) in [7, 11) is 0. The van der Waals surface area contributed by atoms with Crippen molar-refractivity contribution in [1.29, 1.82) is 0 Å². The van der Waals surface area contributed by atoms with Crippen molar-refractivity contribution in [3.05, 3.63) is 93.8 Å². The van der Waals surface area contributed by atoms with Crippen LogP contribution < -0.4 is 10.6 Å². The van der Waals surface area contributed by atoms with Crippen LogP contribution in [0.4, 0.5) is 24.5 Å². The van der Waals surface area contributed by atoms with Crippen molar-refractivity contribution in [3.8, 4) is 0 Å². The number of pyridine rings is 1. The molecule has 2 heterocycles. The number of halogens is 4. The van der Waals surface area contributed by atoms with Crippen LogP contribution in [0, 0.1) is 5.41 Å². The van der Waals surface area contributed by atoms with E-state index in [9.17, 15) is 22.8 Å². The summed E-state index contributed by atoms with van der Waals surface area (Å²) in [5.41, 5.74) is 1.56. The number of fused-ring (bicyclic) bond motifs is 1. The molecule has 39 heavy (non-hydrogen) atoms. The Balaban J connectivity index is 1.22. The van der Waals surface area contributed by atoms with Gasteiger partial charge in [-0.15, -0.1) is 0 Å². The lowest BCUT2D eigenvalue weighted by Crippen LogP contribution is -2.42. The smallest absolute Gasteiger partial charge is 0.380 e. The maximum absolute atomic E-state index is 13.4. The molecule has 1 aliphatic carbocycles. The third kappa shape index (κ3) is 5.99. The van der Waals surface area contributed by atoms with Crippen LogP contribution in [0.3, 0.4) is 0 Å². The minimum atomic E-state index is -4.56. The molecule has 5 rings (SSSR count). The Morgan fingerprint density at radius 3 is 2.62 bits per heavy atom. The van der Waals surface area contributed by atoms with Gasteiger partial charge in [-0.05, 0) is 53.9 Å². The molecular formula is C29H25ClF3N3O3. The highest BCUT2D eigenvalue weighted by Gasteiger charge is 2.44. The number of rotatable bonds is 8. The lowest BCUT2D eigenvalue weighted by Gasteiger charge is -2.25. The van der Waals surface area contributed by atoms with E-state index in [2.05, 4.69) is 15.6 Å². The molecule has 2 aromatic carbocycles. The number of alkyl halides is 3. The van der Waals surface area contributed by atoms with E-state index >= 15 is 0 Å². The van der Waals surface area contributed by atoms with Crippen molar-refractivity contribution in [3.63, 3.8) is 0 Å². The number of nitrogens with zero attached hydrogens (tertiary/aromatic N) is 1. The number of ether oxygens (including phenoxy) is 1. The van der Waals surface area contributed by atoms with Gasteiger partial charge >= 0.3 is 6.18 Å². The predicted molar refractivity (Wildman–Crippen MR) is 142 cm³/mol. The van der Waals surface area contributed by atoms with Gasteiger partial charge in [-0.1, -0.05) is 35.9 Å². The number of aromatic nitrogens is 1. The van der Waals surface area contributed by atoms with Gasteiger partial charge in [-0.2, -0.15) is 13.2 Å². The first-order valence-corrected chi connectivity index (χ1v) is 12.8. The lowest BCUT2D eigenvalue weighted by molar-refractivity contribution is -0.137. The van der Waals surface area contributed by atoms with Crippen LogP contribution in [0.1, 0.15) is 45.6 Å². The zero-order valence-corrected chi connectivity index (χ0v) is 21.5. The molecular weight excluding hydrogens is 531 g/mol. The fourth-order valence-electron chi connectivity index (χ4n) is 4.78. The van der Waals surface area contributed by atoms with Crippen LogP contribution in [0.25, 0.3) is 6.08 Å². The molecule has 0 spiro atoms. The Labute approximate surface area is 228 Å². The Morgan fingerprint density at radius 2 is 1.90 bits per heavy atom. The second-order valence-corrected chi connectivity index (χ2v) is 10.2. The molecule has 1 aliphatic heterocycles. The van der Waals surface area contributed by atoms with Crippen molar-refractivity contribution >= 4 is 40.7 Å². The van der Waals surface area contributed by atoms with Gasteiger partial charge in [0.05, 0.1) is 29.0 Å². The van der Waals surface area contributed by atoms with Crippen molar-refractivity contribution in [2.75, 3.05) is 18.5 Å². The van der Waals surface area contributed by atoms with Crippen molar-refractivity contribution in [1.82, 2.24) is 10.3 Å². The van der Waals surface area contributed by atoms with E-state index < -0.39 is 17.2 Å². The number of carbonyl (C=O) groups excluding carboxylic acids is 2. The van der Waals surface area contributed by atoms with E-state index in [1.54, 1.807) is 30.5 Å². The molecule has 3 aromatic rings. The normalized spacial score (nSPS) is 18.2. The van der Waals surface area contributed by atoms with Gasteiger partial charge in [-0.3, -0.25) is 14.6 Å². The van der Waals surface area contributed by atoms with Crippen molar-refractivity contribution in [2.45, 2.75) is 32.0 Å². The lowest BCUT2D eigenvalue weighted by atomic mass is 9.80. The van der Waals surface area contributed by atoms with Gasteiger partial charge in [0, 0.05) is 48.5 Å². The largest absolute Gasteiger partial charge is 0.418 e. The number of hydrogen-bond donors (Lipinski definition) is 2. The first-order chi connectivity index (χ1) is 18.6. The minimum Gasteiger partial charge on any atom is -0.380 e. The van der Waals surface area contributed by atoms with Crippen LogP contribution in [-0.4, -0.2) is 29.9 Å². The highest BCUT2D eigenvalue weighted by Crippen LogP contribution is 2.38. The summed E-state index contributed by atoms with van der Waals surface area (Å²) >= 11 is 5.75. The molecule has 6 nitrogen and oxygen atoms in total. The fourth-order valence-corrected chi connectivity index (χ4v) is 4.95. The molecule has 0 saturated carbocycles. The molecule has 1 fully saturated rings. The van der Waals surface area contributed by atoms with Gasteiger partial charge in [-0.25, -0.2) is 0 Å². The SMILES string of the molecule is O=C(C[C@@]1(C(=O)NCc2ccc(Nc3ccc(Cl)cc3C(F)(F)F)cc2)CCOC1)c1cnc2c(c1)C=CC2. The highest BCUT2D eigenvalue weighted by atomic mass is 35.5. The van der Waals surface area contributed by atoms with Gasteiger partial charge in [0.2, 0.25) is 5.91 Å². The highest BCUT2D eigenvalue weighted by molar-refractivity contribution is 6.30. The third-order valence-corrected chi connectivity index (χ3v) is 7.23. The van der Waals surface area contributed by atoms with Gasteiger partial charge < -0.3 is 15.4 Å². The number of benzene rings is 2. The molecule has 1 aromatic heterocycles. The van der Waals surface area contributed by atoms with E-state index in [0.29, 0.717) is 24.3 Å². The Bertz CT molecular complexity index is 1430. The first-order valence-electron chi connectivity index (χ1n) is 12.4. The Morgan fingerprint density at radius 1 is 1.10 bits per heavy atom. The number of anilines is 2. The molecule has 0 bridgehead atoms. The number of ketones is 1. The Kier molecular flexibility index (Phi) is 7.46. The standard InChI is InChI=1S/C29H25ClF3N3O3/c30-21-6-9-25(23(13-21)29(31,32)33)36-22-7-4-18(5-8-22)15-35-27(38)28(10-11-39-17-28)14-26(37)20-12-19-2-1-3-24(19)34-16-20/h1-2,4-9,12-13,16,36H,3,10-11,14-15,17H2,(H,35,38)/t28-/m0/s1. The summed E-state index contributed by atoms with van der Waals surface area (Å²) in [5.74, 6) is -0.442. The number of amides is 1. The molecule has 0 unspecified atom stereocenters. The molecule has 0 radical (unpaired) electrons. The predicted octanol–water partition coefficient (Wildman–Crippen LogP) is 6.36. The number of allylic oxidation sites excluding steroid dienone is 1. The average molecular weight is 556 g/mol. The molecule has 1 saturated heterocycles. The molecule has 2 N–H and O–H groups in total. The van der Waals surface area contributed by atoms with Gasteiger partial charge in [0.25, 0.3) is 0 Å². The minimum absolute atomic E-state index is 0.00723. The number of hydrogen-bond acceptors (Lipinski definition) is 5. The van der Waals surface area contributed by atoms with Crippen molar-refractivity contribution in [2.24, 2.45) is 5.41 Å². The summed E-state index contributed by atoms with van der Waals surface area (Å²) in [5, 5.41) is 5.67. The van der Waals surface area contributed by atoms with Crippen LogP contribution in [-0.2, 0) is 28.7 Å². The van der Waals surface area contributed by atoms with Crippen LogP contribution in [0.15, 0.2) is 60.8 Å². The van der Waals surface area contributed by atoms with Gasteiger partial charge in [0.1, 0.15) is 0 Å². The summed E-state index contributed by atoms with van der Waals surface area (Å²) in [4.78, 5) is 30.7. The maximum atomic E-state index is 13.4. The number of carbonyl (C=O) groups is 2. The number of nitrogens with one attached hydrogen (secondary N) is 2. The first kappa shape index (κ1) is 26.9. The quantitative estimate of drug-likeness (QED) is 0.316. The maximum Gasteiger partial charge on any atom is 0.418 e. The zero-order valence-electron chi connectivity index (χ0n) is 20.8. The summed E-state index contributed by atoms with van der Waals surface area (Å²) in [6, 6.07) is 12.0. The Hall–Kier alpha value is -3.69. The average Bonchev–Trinajstić information content (AvgIpc) is 3.58. The van der Waals surface area contributed by atoms with Crippen LogP contribution in [0.2, 0.25) is 5.02 Å². The molecule has 1 amide bonds. The second kappa shape index (κ2) is 10.8. The van der Waals surface area contributed by atoms with E-state index in [4.69, 9.17) is 16.3 Å². The van der Waals surface area contributed by atoms with E-state index in [1.807, 2.05) is 18.2 Å². The van der Waals surface area contributed by atoms with Crippen LogP contribution >= 0.6 is 11.6 Å². The number of Topliss-reactive ketones (excluding diaryl/α,β-unsaturated/α-hetero) is 1. The van der Waals surface area contributed by atoms with E-state index in [-0.39, 0.29) is 42.0 Å². The topological polar surface area (TPSA) is 80.3 Å². The van der Waals surface area contributed by atoms with E-state index in [0.717, 1.165) is 29.3 Å². The monoisotopic (exact) mass is 555 g/mol. The van der Waals surface area contributed by atoms with Gasteiger partial charge in [0.15, 0.2) is 5.78 Å². The van der Waals surface area contributed by atoms with Crippen LogP contribution in [0.5, 0.6) is 0 Å². The zero-order chi connectivity index (χ0) is 27.6. The summed E-state index contributed by atoms with van der Waals surface area (Å²) < 4.78 is 45.7. The molecule has 202 valence electrons. The second-order valence-electron chi connectivity index (χ2n) is 9.74.